The molecule has 0 aromatic heterocycles. The molecule has 0 saturated heterocycles. The molecule has 0 heterocycles. The second-order valence-electron chi connectivity index (χ2n) is 13.5. The fraction of sp³-hybridized carbons (Fsp3) is 0.609. The smallest absolute Gasteiger partial charge is 0.0595 e. The zero-order valence-electron chi connectivity index (χ0n) is 33.7. The molecule has 3 heteroatoms. The summed E-state index contributed by atoms with van der Waals surface area (Å²) in [6.07, 6.45) is 22.1. The van der Waals surface area contributed by atoms with Crippen LogP contribution in [0.25, 0.3) is 0 Å². The van der Waals surface area contributed by atoms with Gasteiger partial charge in [-0.15, -0.1) is 0 Å². The monoisotopic (exact) mass is 714 g/mol. The number of aryl methyl sites for hydroxylation is 3. The molecule has 2 N–H and O–H groups in total. The average Bonchev–Trinajstić information content (AvgIpc) is 3.08. The van der Waals surface area contributed by atoms with Gasteiger partial charge in [0.05, 0.1) is 10.0 Å². The third-order valence-corrected chi connectivity index (χ3v) is 8.84. The number of halogens is 2. The van der Waals surface area contributed by atoms with Gasteiger partial charge in [-0.05, 0) is 85.0 Å². The van der Waals surface area contributed by atoms with Gasteiger partial charge in [0, 0.05) is 5.69 Å². The highest BCUT2D eigenvalue weighted by atomic mass is 35.5. The Hall–Kier alpha value is -1.96. The Morgan fingerprint density at radius 1 is 0.531 bits per heavy atom. The molecule has 0 aliphatic rings. The summed E-state index contributed by atoms with van der Waals surface area (Å²) in [4.78, 5) is 0. The fourth-order valence-corrected chi connectivity index (χ4v) is 5.53. The van der Waals surface area contributed by atoms with Crippen molar-refractivity contribution in [2.75, 3.05) is 5.73 Å². The number of rotatable bonds is 16. The maximum absolute atomic E-state index is 5.93. The lowest BCUT2D eigenvalue weighted by molar-refractivity contribution is 0.656. The zero-order valence-corrected chi connectivity index (χ0v) is 35.2. The number of hydrogen-bond donors (Lipinski definition) is 1. The Morgan fingerprint density at radius 3 is 1.47 bits per heavy atom. The molecule has 0 saturated carbocycles. The maximum Gasteiger partial charge on any atom is 0.0595 e. The van der Waals surface area contributed by atoms with Crippen molar-refractivity contribution in [3.63, 3.8) is 0 Å². The highest BCUT2D eigenvalue weighted by Crippen LogP contribution is 2.27. The van der Waals surface area contributed by atoms with Gasteiger partial charge in [0.1, 0.15) is 0 Å². The first-order chi connectivity index (χ1) is 23.6. The van der Waals surface area contributed by atoms with Gasteiger partial charge >= 0.3 is 0 Å². The lowest BCUT2D eigenvalue weighted by atomic mass is 9.88. The van der Waals surface area contributed by atoms with Crippen molar-refractivity contribution >= 4 is 28.9 Å². The van der Waals surface area contributed by atoms with Crippen LogP contribution in [-0.2, 0) is 19.3 Å². The molecular formula is C46H77Cl2N. The van der Waals surface area contributed by atoms with Gasteiger partial charge in [0.15, 0.2) is 0 Å². The third kappa shape index (κ3) is 27.4. The Balaban J connectivity index is 0. The summed E-state index contributed by atoms with van der Waals surface area (Å²) in [5.74, 6) is 0.528. The topological polar surface area (TPSA) is 26.0 Å². The van der Waals surface area contributed by atoms with E-state index in [4.69, 9.17) is 28.9 Å². The van der Waals surface area contributed by atoms with Crippen LogP contribution in [0.3, 0.4) is 0 Å². The first-order valence-electron chi connectivity index (χ1n) is 20.0. The van der Waals surface area contributed by atoms with E-state index in [1.165, 1.54) is 111 Å². The number of nitrogens with two attached hydrogens (primary N) is 1. The largest absolute Gasteiger partial charge is 0.399 e. The van der Waals surface area contributed by atoms with Crippen molar-refractivity contribution in [1.29, 1.82) is 0 Å². The molecule has 0 radical (unpaired) electrons. The van der Waals surface area contributed by atoms with Gasteiger partial charge in [-0.3, -0.25) is 0 Å². The van der Waals surface area contributed by atoms with E-state index >= 15 is 0 Å². The quantitative estimate of drug-likeness (QED) is 0.116. The van der Waals surface area contributed by atoms with Crippen LogP contribution in [0, 0.1) is 6.92 Å². The standard InChI is InChI=1S/C19H25N.C10H12Cl2.2C7H16.C3H8/c1-4-5-17-13-18(20)10-11-19(17)15(3)12-16-8-6-14(2)7-9-16;1-2-3-4-8-5-6-9(11)10(12)7-8;2*1-3-5-7-6-4-2;1-3-2/h6-11,13,15H,4-5,12,20H2,1-3H3;5-7H,2-4H2,1H3;2*3-7H2,1-2H3;3H2,1-2H3. The minimum Gasteiger partial charge on any atom is -0.399 e. The van der Waals surface area contributed by atoms with Gasteiger partial charge in [-0.1, -0.05) is 211 Å². The molecule has 1 unspecified atom stereocenters. The van der Waals surface area contributed by atoms with Gasteiger partial charge < -0.3 is 5.73 Å². The number of hydrogen-bond acceptors (Lipinski definition) is 1. The molecule has 0 aliphatic heterocycles. The first-order valence-corrected chi connectivity index (χ1v) is 20.7. The van der Waals surface area contributed by atoms with Crippen LogP contribution in [0.15, 0.2) is 60.7 Å². The Morgan fingerprint density at radius 2 is 1.02 bits per heavy atom. The second kappa shape index (κ2) is 34.5. The van der Waals surface area contributed by atoms with Crippen LogP contribution >= 0.6 is 23.2 Å². The predicted molar refractivity (Wildman–Crippen MR) is 228 cm³/mol. The van der Waals surface area contributed by atoms with E-state index in [0.717, 1.165) is 31.4 Å². The summed E-state index contributed by atoms with van der Waals surface area (Å²) in [7, 11) is 0. The van der Waals surface area contributed by atoms with Crippen molar-refractivity contribution in [1.82, 2.24) is 0 Å². The van der Waals surface area contributed by atoms with Crippen molar-refractivity contribution in [3.8, 4) is 0 Å². The molecule has 0 bridgehead atoms. The van der Waals surface area contributed by atoms with Crippen LogP contribution in [0.5, 0.6) is 0 Å². The predicted octanol–water partition coefficient (Wildman–Crippen LogP) is 16.6. The average molecular weight is 715 g/mol. The van der Waals surface area contributed by atoms with E-state index in [-0.39, 0.29) is 0 Å². The van der Waals surface area contributed by atoms with E-state index in [1.54, 1.807) is 0 Å². The first kappa shape index (κ1) is 49.2. The van der Waals surface area contributed by atoms with Crippen LogP contribution in [0.4, 0.5) is 5.69 Å². The summed E-state index contributed by atoms with van der Waals surface area (Å²) in [6.45, 7) is 22.1. The van der Waals surface area contributed by atoms with Gasteiger partial charge in [0.25, 0.3) is 0 Å². The molecule has 49 heavy (non-hydrogen) atoms. The van der Waals surface area contributed by atoms with E-state index in [2.05, 4.69) is 106 Å². The summed E-state index contributed by atoms with van der Waals surface area (Å²) in [5, 5.41) is 1.29. The minimum absolute atomic E-state index is 0.528. The van der Waals surface area contributed by atoms with E-state index in [9.17, 15) is 0 Å². The number of anilines is 1. The number of benzene rings is 3. The van der Waals surface area contributed by atoms with Gasteiger partial charge in [0.2, 0.25) is 0 Å². The molecule has 0 spiro atoms. The molecule has 1 nitrogen and oxygen atoms in total. The van der Waals surface area contributed by atoms with Crippen molar-refractivity contribution in [3.05, 3.63) is 98.5 Å². The summed E-state index contributed by atoms with van der Waals surface area (Å²) in [5.41, 5.74) is 13.7. The fourth-order valence-electron chi connectivity index (χ4n) is 5.21. The highest BCUT2D eigenvalue weighted by molar-refractivity contribution is 6.42. The molecule has 1 atom stereocenters. The molecule has 0 amide bonds. The van der Waals surface area contributed by atoms with Crippen molar-refractivity contribution in [2.45, 2.75) is 184 Å². The molecule has 280 valence electrons. The Labute approximate surface area is 316 Å². The van der Waals surface area contributed by atoms with Crippen LogP contribution in [-0.4, -0.2) is 0 Å². The third-order valence-electron chi connectivity index (χ3n) is 8.10. The molecule has 3 rings (SSSR count). The second-order valence-corrected chi connectivity index (χ2v) is 14.3. The summed E-state index contributed by atoms with van der Waals surface area (Å²) < 4.78 is 0. The number of unbranched alkanes of at least 4 members (excludes halogenated alkanes) is 9. The minimum atomic E-state index is 0.528. The molecule has 0 fully saturated rings. The van der Waals surface area contributed by atoms with Crippen molar-refractivity contribution < 1.29 is 0 Å². The highest BCUT2D eigenvalue weighted by Gasteiger charge is 2.11. The van der Waals surface area contributed by atoms with Crippen molar-refractivity contribution in [2.24, 2.45) is 0 Å². The Kier molecular flexibility index (Phi) is 34.6. The summed E-state index contributed by atoms with van der Waals surface area (Å²) >= 11 is 11.6. The zero-order chi connectivity index (χ0) is 37.3. The van der Waals surface area contributed by atoms with Gasteiger partial charge in [-0.2, -0.15) is 0 Å². The van der Waals surface area contributed by atoms with E-state index in [0.29, 0.717) is 16.0 Å². The number of nitrogen functional groups attached to an aromatic ring is 1. The van der Waals surface area contributed by atoms with E-state index in [1.807, 2.05) is 24.3 Å². The van der Waals surface area contributed by atoms with Crippen LogP contribution < -0.4 is 5.73 Å². The maximum atomic E-state index is 5.93. The molecular weight excluding hydrogens is 637 g/mol. The molecule has 3 aromatic rings. The summed E-state index contributed by atoms with van der Waals surface area (Å²) in [6, 6.07) is 21.1. The van der Waals surface area contributed by atoms with Crippen LogP contribution in [0.1, 0.15) is 186 Å². The lowest BCUT2D eigenvalue weighted by Gasteiger charge is -2.17. The molecule has 0 aliphatic carbocycles. The molecule has 3 aromatic carbocycles. The van der Waals surface area contributed by atoms with Crippen LogP contribution in [0.2, 0.25) is 10.0 Å². The normalized spacial score (nSPS) is 10.6. The van der Waals surface area contributed by atoms with Gasteiger partial charge in [-0.25, -0.2) is 0 Å². The lowest BCUT2D eigenvalue weighted by Crippen LogP contribution is -2.04. The SMILES string of the molecule is CCC.CCCCCCC.CCCCCCC.CCCCc1ccc(Cl)c(Cl)c1.CCCc1cc(N)ccc1C(C)Cc1ccc(C)cc1. The Bertz CT molecular complexity index is 1120. The van der Waals surface area contributed by atoms with E-state index < -0.39 is 0 Å².